The zero-order valence-electron chi connectivity index (χ0n) is 9.90. The number of nitrogens with two attached hydrogens (primary N) is 1. The Balaban J connectivity index is 1.80. The molecule has 0 amide bonds. The van der Waals surface area contributed by atoms with Gasteiger partial charge in [0.2, 0.25) is 0 Å². The lowest BCUT2D eigenvalue weighted by atomic mass is 10.1. The highest BCUT2D eigenvalue weighted by Gasteiger charge is 2.30. The van der Waals surface area contributed by atoms with Gasteiger partial charge >= 0.3 is 0 Å². The predicted molar refractivity (Wildman–Crippen MR) is 80.4 cm³/mol. The van der Waals surface area contributed by atoms with E-state index in [1.807, 2.05) is 0 Å². The molecule has 2 saturated heterocycles. The molecule has 0 aliphatic carbocycles. The van der Waals surface area contributed by atoms with Crippen LogP contribution < -0.4 is 10.6 Å². The van der Waals surface area contributed by atoms with Gasteiger partial charge in [0.05, 0.1) is 11.4 Å². The van der Waals surface area contributed by atoms with E-state index in [0.717, 1.165) is 24.8 Å². The van der Waals surface area contributed by atoms with Crippen molar-refractivity contribution in [3.63, 3.8) is 0 Å². The number of halogens is 1. The Bertz CT molecular complexity index is 421. The normalized spacial score (nSPS) is 25.0. The van der Waals surface area contributed by atoms with Crippen LogP contribution in [-0.2, 0) is 0 Å². The van der Waals surface area contributed by atoms with E-state index >= 15 is 0 Å². The Labute approximate surface area is 116 Å². The summed E-state index contributed by atoms with van der Waals surface area (Å²) in [6.45, 7) is 4.74. The molecule has 2 aliphatic heterocycles. The van der Waals surface area contributed by atoms with E-state index in [9.17, 15) is 0 Å². The maximum absolute atomic E-state index is 6.13. The van der Waals surface area contributed by atoms with E-state index in [1.165, 1.54) is 35.2 Å². The minimum atomic E-state index is 0.752. The van der Waals surface area contributed by atoms with E-state index in [0.29, 0.717) is 0 Å². The molecular formula is C13H18IN3. The van der Waals surface area contributed by atoms with Crippen molar-refractivity contribution >= 4 is 34.0 Å². The van der Waals surface area contributed by atoms with Crippen molar-refractivity contribution in [1.29, 1.82) is 0 Å². The molecule has 0 bridgehead atoms. The smallest absolute Gasteiger partial charge is 0.0601 e. The van der Waals surface area contributed by atoms with Crippen molar-refractivity contribution in [3.8, 4) is 0 Å². The number of fused-ring (bicyclic) bond motifs is 1. The van der Waals surface area contributed by atoms with Crippen LogP contribution in [0.5, 0.6) is 0 Å². The van der Waals surface area contributed by atoms with Crippen LogP contribution in [0.15, 0.2) is 18.2 Å². The van der Waals surface area contributed by atoms with Crippen LogP contribution in [0.2, 0.25) is 0 Å². The lowest BCUT2D eigenvalue weighted by Gasteiger charge is -2.39. The van der Waals surface area contributed by atoms with Crippen LogP contribution in [0.3, 0.4) is 0 Å². The highest BCUT2D eigenvalue weighted by Crippen LogP contribution is 2.29. The molecule has 2 fully saturated rings. The Kier molecular flexibility index (Phi) is 3.17. The first-order chi connectivity index (χ1) is 8.24. The van der Waals surface area contributed by atoms with Crippen molar-refractivity contribution in [2.24, 2.45) is 0 Å². The summed E-state index contributed by atoms with van der Waals surface area (Å²) in [4.78, 5) is 5.08. The first kappa shape index (κ1) is 11.6. The number of rotatable bonds is 1. The largest absolute Gasteiger partial charge is 0.397 e. The summed E-state index contributed by atoms with van der Waals surface area (Å²) in [6.07, 6.45) is 2.71. The van der Waals surface area contributed by atoms with Crippen LogP contribution in [0, 0.1) is 3.57 Å². The second-order valence-corrected chi connectivity index (χ2v) is 6.23. The molecule has 0 aromatic heterocycles. The predicted octanol–water partition coefficient (Wildman–Crippen LogP) is 2.16. The van der Waals surface area contributed by atoms with Crippen LogP contribution in [0.1, 0.15) is 12.8 Å². The van der Waals surface area contributed by atoms with Gasteiger partial charge in [0.15, 0.2) is 0 Å². The number of hydrogen-bond acceptors (Lipinski definition) is 3. The maximum atomic E-state index is 6.13. The molecule has 92 valence electrons. The second-order valence-electron chi connectivity index (χ2n) is 4.98. The van der Waals surface area contributed by atoms with Crippen molar-refractivity contribution < 1.29 is 0 Å². The third kappa shape index (κ3) is 2.25. The first-order valence-electron chi connectivity index (χ1n) is 6.28. The summed E-state index contributed by atoms with van der Waals surface area (Å²) < 4.78 is 1.21. The number of anilines is 2. The third-order valence-electron chi connectivity index (χ3n) is 3.92. The molecule has 2 heterocycles. The number of hydrogen-bond donors (Lipinski definition) is 1. The fraction of sp³-hybridized carbons (Fsp3) is 0.538. The van der Waals surface area contributed by atoms with E-state index in [-0.39, 0.29) is 0 Å². The molecule has 3 rings (SSSR count). The topological polar surface area (TPSA) is 32.5 Å². The fourth-order valence-electron chi connectivity index (χ4n) is 3.02. The Morgan fingerprint density at radius 1 is 1.24 bits per heavy atom. The van der Waals surface area contributed by atoms with E-state index in [1.54, 1.807) is 0 Å². The molecule has 0 spiro atoms. The van der Waals surface area contributed by atoms with Crippen LogP contribution in [0.4, 0.5) is 11.4 Å². The summed E-state index contributed by atoms with van der Waals surface area (Å²) in [5.41, 5.74) is 8.27. The monoisotopic (exact) mass is 343 g/mol. The highest BCUT2D eigenvalue weighted by molar-refractivity contribution is 14.1. The van der Waals surface area contributed by atoms with Crippen LogP contribution >= 0.6 is 22.6 Å². The van der Waals surface area contributed by atoms with Gasteiger partial charge in [0.25, 0.3) is 0 Å². The minimum Gasteiger partial charge on any atom is -0.397 e. The molecule has 2 aliphatic rings. The molecule has 1 unspecified atom stereocenters. The molecular weight excluding hydrogens is 325 g/mol. The standard InChI is InChI=1S/C13H18IN3/c14-10-3-4-13(12(15)8-10)17-7-6-16-5-1-2-11(16)9-17/h3-4,8,11H,1-2,5-7,9,15H2. The van der Waals surface area contributed by atoms with E-state index in [4.69, 9.17) is 5.73 Å². The summed E-state index contributed by atoms with van der Waals surface area (Å²) >= 11 is 2.31. The fourth-order valence-corrected chi connectivity index (χ4v) is 3.54. The average molecular weight is 343 g/mol. The Morgan fingerprint density at radius 2 is 2.12 bits per heavy atom. The maximum Gasteiger partial charge on any atom is 0.0601 e. The van der Waals surface area contributed by atoms with Crippen molar-refractivity contribution in [1.82, 2.24) is 4.90 Å². The molecule has 3 nitrogen and oxygen atoms in total. The van der Waals surface area contributed by atoms with Gasteiger partial charge in [-0.2, -0.15) is 0 Å². The van der Waals surface area contributed by atoms with Crippen LogP contribution in [0.25, 0.3) is 0 Å². The number of nitrogens with zero attached hydrogens (tertiary/aromatic N) is 2. The van der Waals surface area contributed by atoms with Crippen molar-refractivity contribution in [2.75, 3.05) is 36.8 Å². The molecule has 0 saturated carbocycles. The molecule has 1 aromatic rings. The van der Waals surface area contributed by atoms with Gasteiger partial charge in [0.1, 0.15) is 0 Å². The molecule has 0 radical (unpaired) electrons. The van der Waals surface area contributed by atoms with Gasteiger partial charge in [-0.1, -0.05) is 0 Å². The number of benzene rings is 1. The summed E-state index contributed by atoms with van der Waals surface area (Å²) in [7, 11) is 0. The lowest BCUT2D eigenvalue weighted by molar-refractivity contribution is 0.231. The third-order valence-corrected chi connectivity index (χ3v) is 4.59. The van der Waals surface area contributed by atoms with Gasteiger partial charge in [-0.3, -0.25) is 4.90 Å². The van der Waals surface area contributed by atoms with Crippen molar-refractivity contribution in [3.05, 3.63) is 21.8 Å². The average Bonchev–Trinajstić information content (AvgIpc) is 2.75. The molecule has 1 aromatic carbocycles. The zero-order valence-corrected chi connectivity index (χ0v) is 12.1. The quantitative estimate of drug-likeness (QED) is 0.627. The van der Waals surface area contributed by atoms with Gasteiger partial charge in [0, 0.05) is 29.2 Å². The van der Waals surface area contributed by atoms with Gasteiger partial charge < -0.3 is 10.6 Å². The highest BCUT2D eigenvalue weighted by atomic mass is 127. The minimum absolute atomic E-state index is 0.752. The summed E-state index contributed by atoms with van der Waals surface area (Å²) in [5.74, 6) is 0. The Morgan fingerprint density at radius 3 is 2.94 bits per heavy atom. The second kappa shape index (κ2) is 4.65. The molecule has 17 heavy (non-hydrogen) atoms. The molecule has 2 N–H and O–H groups in total. The Hall–Kier alpha value is -0.490. The SMILES string of the molecule is Nc1cc(I)ccc1N1CCN2CCCC2C1. The van der Waals surface area contributed by atoms with Gasteiger partial charge in [-0.05, 0) is 60.2 Å². The summed E-state index contributed by atoms with van der Waals surface area (Å²) in [5, 5.41) is 0. The van der Waals surface area contributed by atoms with Gasteiger partial charge in [-0.25, -0.2) is 0 Å². The van der Waals surface area contributed by atoms with Gasteiger partial charge in [-0.15, -0.1) is 0 Å². The van der Waals surface area contributed by atoms with Crippen LogP contribution in [-0.4, -0.2) is 37.1 Å². The lowest BCUT2D eigenvalue weighted by Crippen LogP contribution is -2.50. The molecule has 4 heteroatoms. The zero-order chi connectivity index (χ0) is 11.8. The van der Waals surface area contributed by atoms with Crippen molar-refractivity contribution in [2.45, 2.75) is 18.9 Å². The van der Waals surface area contributed by atoms with E-state index in [2.05, 4.69) is 50.6 Å². The summed E-state index contributed by atoms with van der Waals surface area (Å²) in [6, 6.07) is 7.13. The molecule has 1 atom stereocenters. The van der Waals surface area contributed by atoms with E-state index < -0.39 is 0 Å². The number of piperazine rings is 1. The number of nitrogen functional groups attached to an aromatic ring is 1. The first-order valence-corrected chi connectivity index (χ1v) is 7.36.